The summed E-state index contributed by atoms with van der Waals surface area (Å²) in [4.78, 5) is 14.4. The van der Waals surface area contributed by atoms with Gasteiger partial charge in [-0.1, -0.05) is 30.3 Å². The topological polar surface area (TPSA) is 49.8 Å². The van der Waals surface area contributed by atoms with E-state index in [2.05, 4.69) is 54.3 Å². The fourth-order valence-electron chi connectivity index (χ4n) is 4.45. The number of rotatable bonds is 7. The van der Waals surface area contributed by atoms with Crippen LogP contribution in [0.5, 0.6) is 5.75 Å². The smallest absolute Gasteiger partial charge is 0.303 e. The molecule has 29 heavy (non-hydrogen) atoms. The number of carboxylic acids is 1. The van der Waals surface area contributed by atoms with Crippen LogP contribution in [0.4, 0.5) is 0 Å². The Morgan fingerprint density at radius 3 is 2.76 bits per heavy atom. The van der Waals surface area contributed by atoms with Crippen molar-refractivity contribution >= 4 is 17.7 Å². The van der Waals surface area contributed by atoms with Gasteiger partial charge in [-0.05, 0) is 69.1 Å². The molecule has 2 aromatic carbocycles. The van der Waals surface area contributed by atoms with Crippen molar-refractivity contribution in [3.05, 3.63) is 59.2 Å². The van der Waals surface area contributed by atoms with Crippen molar-refractivity contribution in [2.24, 2.45) is 0 Å². The van der Waals surface area contributed by atoms with E-state index in [0.29, 0.717) is 0 Å². The number of aryl methyl sites for hydroxylation is 1. The van der Waals surface area contributed by atoms with Crippen LogP contribution in [-0.4, -0.2) is 42.2 Å². The molecule has 1 fully saturated rings. The van der Waals surface area contributed by atoms with E-state index in [4.69, 9.17) is 9.84 Å². The Morgan fingerprint density at radius 2 is 2.00 bits per heavy atom. The summed E-state index contributed by atoms with van der Waals surface area (Å²) in [6.45, 7) is 5.86. The van der Waals surface area contributed by atoms with Crippen LogP contribution >= 0.6 is 11.8 Å². The molecule has 0 unspecified atom stereocenters. The van der Waals surface area contributed by atoms with E-state index < -0.39 is 5.97 Å². The molecule has 0 saturated carbocycles. The Morgan fingerprint density at radius 1 is 1.21 bits per heavy atom. The highest BCUT2D eigenvalue weighted by atomic mass is 32.2. The first kappa shape index (κ1) is 20.3. The summed E-state index contributed by atoms with van der Waals surface area (Å²) in [5, 5.41) is 8.82. The minimum absolute atomic E-state index is 0.137. The van der Waals surface area contributed by atoms with Crippen molar-refractivity contribution < 1.29 is 14.6 Å². The Bertz CT molecular complexity index is 874. The molecule has 4 rings (SSSR count). The zero-order valence-corrected chi connectivity index (χ0v) is 17.8. The van der Waals surface area contributed by atoms with Crippen LogP contribution in [0.1, 0.15) is 42.4 Å². The fraction of sp³-hybridized carbons (Fsp3) is 0.458. The van der Waals surface area contributed by atoms with Gasteiger partial charge in [-0.3, -0.25) is 4.79 Å². The number of nitrogens with zero attached hydrogens (tertiary/aromatic N) is 1. The summed E-state index contributed by atoms with van der Waals surface area (Å²) in [6, 6.07) is 15.3. The van der Waals surface area contributed by atoms with E-state index in [1.165, 1.54) is 21.6 Å². The van der Waals surface area contributed by atoms with Crippen molar-refractivity contribution in [1.29, 1.82) is 0 Å². The number of hydrogen-bond donors (Lipinski definition) is 1. The third-order valence-electron chi connectivity index (χ3n) is 6.36. The van der Waals surface area contributed by atoms with Crippen molar-refractivity contribution in [3.8, 4) is 5.75 Å². The second kappa shape index (κ2) is 8.80. The molecule has 1 N–H and O–H groups in total. The lowest BCUT2D eigenvalue weighted by Gasteiger charge is -2.38. The number of piperidine rings is 1. The molecule has 0 bridgehead atoms. The lowest BCUT2D eigenvalue weighted by molar-refractivity contribution is -0.137. The molecule has 154 valence electrons. The highest BCUT2D eigenvalue weighted by molar-refractivity contribution is 7.98. The molecule has 2 aliphatic heterocycles. The second-order valence-electron chi connectivity index (χ2n) is 8.28. The number of benzene rings is 2. The largest absolute Gasteiger partial charge is 0.492 e. The Kier molecular flexibility index (Phi) is 6.16. The van der Waals surface area contributed by atoms with E-state index in [-0.39, 0.29) is 11.8 Å². The average Bonchev–Trinajstić information content (AvgIpc) is 3.06. The van der Waals surface area contributed by atoms with Gasteiger partial charge in [0.15, 0.2) is 0 Å². The van der Waals surface area contributed by atoms with Gasteiger partial charge in [0.1, 0.15) is 5.75 Å². The SMILES string of the molecule is Cc1ccccc1CSc1ccc2c(c1)OCC21CCN(CCCC(=O)O)CC1. The zero-order valence-electron chi connectivity index (χ0n) is 17.0. The van der Waals surface area contributed by atoms with E-state index in [1.54, 1.807) is 0 Å². The quantitative estimate of drug-likeness (QED) is 0.658. The van der Waals surface area contributed by atoms with Gasteiger partial charge in [0.2, 0.25) is 0 Å². The van der Waals surface area contributed by atoms with E-state index in [9.17, 15) is 4.79 Å². The molecule has 0 amide bonds. The first-order valence-electron chi connectivity index (χ1n) is 10.4. The molecule has 2 aliphatic rings. The molecule has 0 aromatic heterocycles. The van der Waals surface area contributed by atoms with Gasteiger partial charge in [0, 0.05) is 28.0 Å². The number of likely N-dealkylation sites (tertiary alicyclic amines) is 1. The third kappa shape index (κ3) is 4.62. The number of hydrogen-bond acceptors (Lipinski definition) is 4. The van der Waals surface area contributed by atoms with Crippen LogP contribution in [-0.2, 0) is 16.0 Å². The summed E-state index contributed by atoms with van der Waals surface area (Å²) >= 11 is 1.86. The molecule has 0 aliphatic carbocycles. The average molecular weight is 412 g/mol. The summed E-state index contributed by atoms with van der Waals surface area (Å²) < 4.78 is 6.15. The normalized spacial score (nSPS) is 17.8. The standard InChI is InChI=1S/C24H29NO3S/c1-18-5-2-3-6-19(18)16-29-20-8-9-21-22(15-20)28-17-24(21)10-13-25(14-11-24)12-4-7-23(26)27/h2-3,5-6,8-9,15H,4,7,10-14,16-17H2,1H3,(H,26,27). The Balaban J connectivity index is 1.36. The fourth-order valence-corrected chi connectivity index (χ4v) is 5.45. The summed E-state index contributed by atoms with van der Waals surface area (Å²) in [7, 11) is 0. The van der Waals surface area contributed by atoms with Crippen molar-refractivity contribution in [3.63, 3.8) is 0 Å². The van der Waals surface area contributed by atoms with Crippen molar-refractivity contribution in [1.82, 2.24) is 4.90 Å². The lowest BCUT2D eigenvalue weighted by atomic mass is 9.74. The van der Waals surface area contributed by atoms with Crippen LogP contribution < -0.4 is 4.74 Å². The monoisotopic (exact) mass is 411 g/mol. The Labute approximate surface area is 177 Å². The molecular weight excluding hydrogens is 382 g/mol. The Hall–Kier alpha value is -1.98. The van der Waals surface area contributed by atoms with E-state index in [0.717, 1.165) is 57.0 Å². The van der Waals surface area contributed by atoms with E-state index >= 15 is 0 Å². The molecular formula is C24H29NO3S. The predicted octanol–water partition coefficient (Wildman–Crippen LogP) is 4.88. The number of carbonyl (C=O) groups is 1. The first-order chi connectivity index (χ1) is 14.1. The highest BCUT2D eigenvalue weighted by Crippen LogP contribution is 2.46. The minimum atomic E-state index is -0.701. The molecule has 0 atom stereocenters. The lowest BCUT2D eigenvalue weighted by Crippen LogP contribution is -2.43. The summed E-state index contributed by atoms with van der Waals surface area (Å²) in [6.07, 6.45) is 3.17. The maximum absolute atomic E-state index is 10.7. The van der Waals surface area contributed by atoms with Gasteiger partial charge in [-0.2, -0.15) is 0 Å². The van der Waals surface area contributed by atoms with Gasteiger partial charge in [0.25, 0.3) is 0 Å². The van der Waals surface area contributed by atoms with Gasteiger partial charge in [-0.25, -0.2) is 0 Å². The first-order valence-corrected chi connectivity index (χ1v) is 11.4. The number of fused-ring (bicyclic) bond motifs is 2. The molecule has 1 spiro atoms. The van der Waals surface area contributed by atoms with Crippen LogP contribution in [0.15, 0.2) is 47.4 Å². The summed E-state index contributed by atoms with van der Waals surface area (Å²) in [5.41, 5.74) is 4.22. The minimum Gasteiger partial charge on any atom is -0.492 e. The number of thioether (sulfide) groups is 1. The zero-order chi connectivity index (χ0) is 20.3. The third-order valence-corrected chi connectivity index (χ3v) is 7.40. The predicted molar refractivity (Wildman–Crippen MR) is 117 cm³/mol. The van der Waals surface area contributed by atoms with E-state index in [1.807, 2.05) is 11.8 Å². The number of aliphatic carboxylic acids is 1. The highest BCUT2D eigenvalue weighted by Gasteiger charge is 2.42. The molecule has 4 nitrogen and oxygen atoms in total. The maximum atomic E-state index is 10.7. The number of carboxylic acid groups (broad SMARTS) is 1. The molecule has 0 radical (unpaired) electrons. The van der Waals surface area contributed by atoms with Crippen LogP contribution in [0.3, 0.4) is 0 Å². The van der Waals surface area contributed by atoms with Crippen LogP contribution in [0, 0.1) is 6.92 Å². The maximum Gasteiger partial charge on any atom is 0.303 e. The van der Waals surface area contributed by atoms with Crippen molar-refractivity contribution in [2.75, 3.05) is 26.2 Å². The molecule has 1 saturated heterocycles. The second-order valence-corrected chi connectivity index (χ2v) is 9.33. The molecule has 2 heterocycles. The van der Waals surface area contributed by atoms with Crippen molar-refractivity contribution in [2.45, 2.75) is 48.7 Å². The van der Waals surface area contributed by atoms with Crippen LogP contribution in [0.2, 0.25) is 0 Å². The molecule has 5 heteroatoms. The van der Waals surface area contributed by atoms with Gasteiger partial charge in [-0.15, -0.1) is 11.8 Å². The summed E-state index contributed by atoms with van der Waals surface area (Å²) in [5.74, 6) is 1.33. The number of ether oxygens (including phenoxy) is 1. The van der Waals surface area contributed by atoms with Gasteiger partial charge in [0.05, 0.1) is 6.61 Å². The molecule has 2 aromatic rings. The van der Waals surface area contributed by atoms with Gasteiger partial charge < -0.3 is 14.7 Å². The van der Waals surface area contributed by atoms with Crippen LogP contribution in [0.25, 0.3) is 0 Å². The van der Waals surface area contributed by atoms with Gasteiger partial charge >= 0.3 is 5.97 Å².